The minimum Gasteiger partial charge on any atom is -0.395 e. The van der Waals surface area contributed by atoms with Crippen LogP contribution in [0.4, 0.5) is 5.88 Å². The summed E-state index contributed by atoms with van der Waals surface area (Å²) in [7, 11) is 0. The van der Waals surface area contributed by atoms with Gasteiger partial charge in [0.2, 0.25) is 0 Å². The van der Waals surface area contributed by atoms with Gasteiger partial charge < -0.3 is 14.3 Å². The van der Waals surface area contributed by atoms with E-state index in [4.69, 9.17) is 4.42 Å². The summed E-state index contributed by atoms with van der Waals surface area (Å²) in [5.74, 6) is -0.848. The number of benzene rings is 1. The molecule has 1 aromatic carbocycles. The van der Waals surface area contributed by atoms with Crippen LogP contribution in [0.3, 0.4) is 0 Å². The normalized spacial score (nSPS) is 10.8. The molecule has 9 nitrogen and oxygen atoms in total. The van der Waals surface area contributed by atoms with E-state index in [0.717, 1.165) is 6.07 Å². The Morgan fingerprint density at radius 2 is 2.08 bits per heavy atom. The SMILES string of the molecule is CCN(Cc1nc2ccccc2c(=O)[nH]1)C(=O)c1ccc([N+](=O)[O-])o1. The zero-order chi connectivity index (χ0) is 18.0. The molecule has 3 rings (SSSR count). The Labute approximate surface area is 141 Å². The molecule has 0 radical (unpaired) electrons. The quantitative estimate of drug-likeness (QED) is 0.559. The van der Waals surface area contributed by atoms with Crippen LogP contribution in [0.5, 0.6) is 0 Å². The molecule has 25 heavy (non-hydrogen) atoms. The maximum Gasteiger partial charge on any atom is 0.433 e. The maximum atomic E-state index is 12.5. The van der Waals surface area contributed by atoms with Gasteiger partial charge in [-0.2, -0.15) is 0 Å². The fourth-order valence-electron chi connectivity index (χ4n) is 2.41. The number of carbonyl (C=O) groups is 1. The molecule has 0 aliphatic heterocycles. The third-order valence-corrected chi connectivity index (χ3v) is 3.65. The van der Waals surface area contributed by atoms with E-state index in [9.17, 15) is 19.7 Å². The number of nitrogens with one attached hydrogen (secondary N) is 1. The van der Waals surface area contributed by atoms with Gasteiger partial charge in [-0.05, 0) is 25.1 Å². The number of aromatic amines is 1. The smallest absolute Gasteiger partial charge is 0.395 e. The van der Waals surface area contributed by atoms with Crippen molar-refractivity contribution >= 4 is 22.7 Å². The number of aromatic nitrogens is 2. The van der Waals surface area contributed by atoms with Gasteiger partial charge in [0.1, 0.15) is 10.7 Å². The van der Waals surface area contributed by atoms with Crippen molar-refractivity contribution in [1.29, 1.82) is 0 Å². The summed E-state index contributed by atoms with van der Waals surface area (Å²) in [6, 6.07) is 9.25. The van der Waals surface area contributed by atoms with Crippen molar-refractivity contribution in [3.63, 3.8) is 0 Å². The van der Waals surface area contributed by atoms with Crippen LogP contribution in [0, 0.1) is 10.1 Å². The number of nitrogens with zero attached hydrogens (tertiary/aromatic N) is 3. The van der Waals surface area contributed by atoms with Crippen molar-refractivity contribution in [2.45, 2.75) is 13.5 Å². The van der Waals surface area contributed by atoms with E-state index in [1.54, 1.807) is 31.2 Å². The van der Waals surface area contributed by atoms with Crippen molar-refractivity contribution in [3.8, 4) is 0 Å². The minimum absolute atomic E-state index is 0.0455. The number of carbonyl (C=O) groups excluding carboxylic acids is 1. The Balaban J connectivity index is 1.87. The molecule has 128 valence electrons. The first kappa shape index (κ1) is 16.4. The lowest BCUT2D eigenvalue weighted by atomic mass is 10.2. The molecule has 0 saturated carbocycles. The lowest BCUT2D eigenvalue weighted by molar-refractivity contribution is -0.402. The molecule has 0 aliphatic carbocycles. The first-order chi connectivity index (χ1) is 12.0. The van der Waals surface area contributed by atoms with Crippen LogP contribution in [0.2, 0.25) is 0 Å². The van der Waals surface area contributed by atoms with E-state index in [0.29, 0.717) is 23.3 Å². The molecule has 0 unspecified atom stereocenters. The molecule has 0 fully saturated rings. The maximum absolute atomic E-state index is 12.5. The second kappa shape index (κ2) is 6.56. The van der Waals surface area contributed by atoms with Gasteiger partial charge in [0.05, 0.1) is 23.5 Å². The summed E-state index contributed by atoms with van der Waals surface area (Å²) in [5.41, 5.74) is 0.233. The fourth-order valence-corrected chi connectivity index (χ4v) is 2.41. The third-order valence-electron chi connectivity index (χ3n) is 3.65. The van der Waals surface area contributed by atoms with Crippen molar-refractivity contribution in [2.24, 2.45) is 0 Å². The van der Waals surface area contributed by atoms with Gasteiger partial charge in [0.15, 0.2) is 5.76 Å². The highest BCUT2D eigenvalue weighted by molar-refractivity contribution is 5.91. The van der Waals surface area contributed by atoms with Crippen molar-refractivity contribution in [2.75, 3.05) is 6.54 Å². The van der Waals surface area contributed by atoms with Gasteiger partial charge in [0, 0.05) is 6.54 Å². The van der Waals surface area contributed by atoms with Crippen molar-refractivity contribution in [3.05, 3.63) is 68.5 Å². The summed E-state index contributed by atoms with van der Waals surface area (Å²) in [6.45, 7) is 2.10. The van der Waals surface area contributed by atoms with Crippen LogP contribution in [-0.2, 0) is 6.54 Å². The largest absolute Gasteiger partial charge is 0.433 e. The first-order valence-electron chi connectivity index (χ1n) is 7.51. The lowest BCUT2D eigenvalue weighted by Gasteiger charge is -2.18. The van der Waals surface area contributed by atoms with Crippen molar-refractivity contribution in [1.82, 2.24) is 14.9 Å². The molecule has 0 atom stereocenters. The molecule has 0 saturated heterocycles. The molecule has 2 aromatic heterocycles. The number of fused-ring (bicyclic) bond motifs is 1. The van der Waals surface area contributed by atoms with E-state index in [-0.39, 0.29) is 17.9 Å². The number of hydrogen-bond donors (Lipinski definition) is 1. The Morgan fingerprint density at radius 3 is 2.76 bits per heavy atom. The lowest BCUT2D eigenvalue weighted by Crippen LogP contribution is -2.31. The van der Waals surface area contributed by atoms with Crippen LogP contribution >= 0.6 is 0 Å². The molecule has 2 heterocycles. The second-order valence-corrected chi connectivity index (χ2v) is 5.24. The molecule has 0 bridgehead atoms. The number of rotatable bonds is 5. The Hall–Kier alpha value is -3.49. The summed E-state index contributed by atoms with van der Waals surface area (Å²) in [4.78, 5) is 42.9. The van der Waals surface area contributed by atoms with Crippen LogP contribution in [0.15, 0.2) is 45.6 Å². The van der Waals surface area contributed by atoms with Gasteiger partial charge in [-0.1, -0.05) is 12.1 Å². The van der Waals surface area contributed by atoms with E-state index in [1.807, 2.05) is 0 Å². The van der Waals surface area contributed by atoms with Gasteiger partial charge in [-0.3, -0.25) is 19.7 Å². The highest BCUT2D eigenvalue weighted by Crippen LogP contribution is 2.18. The third kappa shape index (κ3) is 3.25. The topological polar surface area (TPSA) is 122 Å². The number of furan rings is 1. The molecule has 0 spiro atoms. The standard InChI is InChI=1S/C16H14N4O5/c1-2-19(16(22)12-7-8-14(25-12)20(23)24)9-13-17-11-6-4-3-5-10(11)15(21)18-13/h3-8H,2,9H2,1H3,(H,17,18,21). The Morgan fingerprint density at radius 1 is 1.32 bits per heavy atom. The zero-order valence-electron chi connectivity index (χ0n) is 13.3. The summed E-state index contributed by atoms with van der Waals surface area (Å²) < 4.78 is 4.94. The van der Waals surface area contributed by atoms with E-state index >= 15 is 0 Å². The van der Waals surface area contributed by atoms with Crippen LogP contribution in [-0.4, -0.2) is 32.2 Å². The summed E-state index contributed by atoms with van der Waals surface area (Å²) in [6.07, 6.45) is 0. The first-order valence-corrected chi connectivity index (χ1v) is 7.51. The van der Waals surface area contributed by atoms with Gasteiger partial charge >= 0.3 is 5.88 Å². The van der Waals surface area contributed by atoms with Crippen LogP contribution in [0.25, 0.3) is 10.9 Å². The van der Waals surface area contributed by atoms with E-state index in [1.165, 1.54) is 11.0 Å². The zero-order valence-corrected chi connectivity index (χ0v) is 13.3. The minimum atomic E-state index is -0.713. The monoisotopic (exact) mass is 342 g/mol. The van der Waals surface area contributed by atoms with E-state index in [2.05, 4.69) is 9.97 Å². The highest BCUT2D eigenvalue weighted by atomic mass is 16.6. The molecule has 0 aliphatic rings. The molecule has 3 aromatic rings. The Kier molecular flexibility index (Phi) is 4.29. The molecular formula is C16H14N4O5. The molecule has 9 heteroatoms. The summed E-state index contributed by atoms with van der Waals surface area (Å²) in [5, 5.41) is 11.1. The fraction of sp³-hybridized carbons (Fsp3) is 0.188. The predicted molar refractivity (Wildman–Crippen MR) is 88.1 cm³/mol. The van der Waals surface area contributed by atoms with Gasteiger partial charge in [-0.15, -0.1) is 0 Å². The van der Waals surface area contributed by atoms with Gasteiger partial charge in [-0.25, -0.2) is 4.98 Å². The highest BCUT2D eigenvalue weighted by Gasteiger charge is 2.22. The number of nitro groups is 1. The van der Waals surface area contributed by atoms with Crippen LogP contribution in [0.1, 0.15) is 23.3 Å². The van der Waals surface area contributed by atoms with Crippen molar-refractivity contribution < 1.29 is 14.1 Å². The van der Waals surface area contributed by atoms with Crippen LogP contribution < -0.4 is 5.56 Å². The number of para-hydroxylation sites is 1. The molecule has 1 N–H and O–H groups in total. The Bertz CT molecular complexity index is 1010. The predicted octanol–water partition coefficient (Wildman–Crippen LogP) is 2.09. The number of hydrogen-bond acceptors (Lipinski definition) is 6. The average molecular weight is 342 g/mol. The average Bonchev–Trinajstić information content (AvgIpc) is 3.09. The van der Waals surface area contributed by atoms with E-state index < -0.39 is 16.7 Å². The molecule has 1 amide bonds. The number of amides is 1. The molecular weight excluding hydrogens is 328 g/mol. The second-order valence-electron chi connectivity index (χ2n) is 5.24. The number of H-pyrrole nitrogens is 1. The van der Waals surface area contributed by atoms with Gasteiger partial charge in [0.25, 0.3) is 11.5 Å². The summed E-state index contributed by atoms with van der Waals surface area (Å²) >= 11 is 0.